The number of rotatable bonds is 4. The Morgan fingerprint density at radius 2 is 1.71 bits per heavy atom. The lowest BCUT2D eigenvalue weighted by Crippen LogP contribution is -2.24. The lowest BCUT2D eigenvalue weighted by Gasteiger charge is -2.30. The molecule has 2 aromatic heterocycles. The van der Waals surface area contributed by atoms with Crippen molar-refractivity contribution in [3.05, 3.63) is 47.0 Å². The highest BCUT2D eigenvalue weighted by molar-refractivity contribution is 5.88. The van der Waals surface area contributed by atoms with E-state index < -0.39 is 0 Å². The van der Waals surface area contributed by atoms with Crippen molar-refractivity contribution in [3.8, 4) is 0 Å². The monoisotopic (exact) mass is 420 g/mol. The molecule has 0 aliphatic carbocycles. The molecule has 2 aromatic carbocycles. The van der Waals surface area contributed by atoms with E-state index in [2.05, 4.69) is 62.0 Å². The van der Waals surface area contributed by atoms with Crippen molar-refractivity contribution < 1.29 is 13.6 Å². The van der Waals surface area contributed by atoms with Crippen LogP contribution in [0, 0.1) is 0 Å². The van der Waals surface area contributed by atoms with Gasteiger partial charge in [-0.15, -0.1) is 0 Å². The molecule has 3 N–H and O–H groups in total. The summed E-state index contributed by atoms with van der Waals surface area (Å²) in [5, 5.41) is 2.62. The van der Waals surface area contributed by atoms with Crippen LogP contribution in [-0.4, -0.2) is 15.9 Å². The highest BCUT2D eigenvalue weighted by Gasteiger charge is 2.28. The molecule has 0 aliphatic heterocycles. The van der Waals surface area contributed by atoms with Gasteiger partial charge in [-0.2, -0.15) is 9.97 Å². The summed E-state index contributed by atoms with van der Waals surface area (Å²) in [4.78, 5) is 20.1. The van der Waals surface area contributed by atoms with Gasteiger partial charge >= 0.3 is 6.01 Å². The zero-order chi connectivity index (χ0) is 22.6. The number of anilines is 2. The number of aromatic nitrogens is 2. The van der Waals surface area contributed by atoms with E-state index in [1.165, 1.54) is 18.1 Å². The Morgan fingerprint density at radius 1 is 1.00 bits per heavy atom. The van der Waals surface area contributed by atoms with Crippen LogP contribution in [0.25, 0.3) is 22.2 Å². The van der Waals surface area contributed by atoms with Gasteiger partial charge in [0.15, 0.2) is 11.2 Å². The largest absolute Gasteiger partial charge is 0.424 e. The predicted molar refractivity (Wildman–Crippen MR) is 122 cm³/mol. The highest BCUT2D eigenvalue weighted by atomic mass is 16.4. The summed E-state index contributed by atoms with van der Waals surface area (Å²) >= 11 is 0. The van der Waals surface area contributed by atoms with Crippen molar-refractivity contribution in [2.24, 2.45) is 0 Å². The molecular weight excluding hydrogens is 392 g/mol. The smallest absolute Gasteiger partial charge is 0.302 e. The van der Waals surface area contributed by atoms with Crippen LogP contribution in [0.3, 0.4) is 0 Å². The molecule has 162 valence electrons. The first kappa shape index (κ1) is 20.9. The molecule has 0 bridgehead atoms. The van der Waals surface area contributed by atoms with Crippen molar-refractivity contribution in [1.29, 1.82) is 0 Å². The normalized spacial score (nSPS) is 12.6. The lowest BCUT2D eigenvalue weighted by atomic mass is 9.74. The first-order chi connectivity index (χ1) is 14.4. The highest BCUT2D eigenvalue weighted by Crippen LogP contribution is 2.37. The fraction of sp³-hybridized carbons (Fsp3) is 0.375. The summed E-state index contributed by atoms with van der Waals surface area (Å²) in [6, 6.07) is 10.5. The molecule has 4 rings (SSSR count). The molecule has 0 atom stereocenters. The summed E-state index contributed by atoms with van der Waals surface area (Å²) in [5.41, 5.74) is 11.8. The average Bonchev–Trinajstić information content (AvgIpc) is 3.19. The Bertz CT molecular complexity index is 1290. The topological polar surface area (TPSA) is 107 Å². The van der Waals surface area contributed by atoms with Crippen LogP contribution in [0.1, 0.15) is 58.2 Å². The van der Waals surface area contributed by atoms with Crippen LogP contribution in [0.4, 0.5) is 12.0 Å². The van der Waals surface area contributed by atoms with Gasteiger partial charge in [0.25, 0.3) is 6.01 Å². The van der Waals surface area contributed by atoms with Crippen LogP contribution in [0.5, 0.6) is 0 Å². The second-order valence-corrected chi connectivity index (χ2v) is 9.72. The van der Waals surface area contributed by atoms with Gasteiger partial charge in [0.2, 0.25) is 5.91 Å². The number of amides is 1. The molecule has 0 fully saturated rings. The zero-order valence-electron chi connectivity index (χ0n) is 18.8. The number of nitrogen functional groups attached to an aromatic ring is 1. The summed E-state index contributed by atoms with van der Waals surface area (Å²) in [5.74, 6) is -0.215. The summed E-state index contributed by atoms with van der Waals surface area (Å²) < 4.78 is 11.2. The molecular formula is C24H28N4O3. The van der Waals surface area contributed by atoms with E-state index in [1.807, 2.05) is 18.2 Å². The molecule has 4 aromatic rings. The zero-order valence-corrected chi connectivity index (χ0v) is 18.8. The molecule has 0 saturated heterocycles. The first-order valence-corrected chi connectivity index (χ1v) is 10.3. The molecule has 7 nitrogen and oxygen atoms in total. The molecule has 0 unspecified atom stereocenters. The van der Waals surface area contributed by atoms with Gasteiger partial charge < -0.3 is 14.6 Å². The molecule has 0 saturated carbocycles. The average molecular weight is 421 g/mol. The Hall–Kier alpha value is -3.35. The fourth-order valence-electron chi connectivity index (χ4n) is 4.01. The third-order valence-electron chi connectivity index (χ3n) is 5.52. The second kappa shape index (κ2) is 7.11. The molecule has 1 amide bonds. The van der Waals surface area contributed by atoms with E-state index in [9.17, 15) is 4.79 Å². The fourth-order valence-corrected chi connectivity index (χ4v) is 4.01. The van der Waals surface area contributed by atoms with Crippen LogP contribution in [0.15, 0.2) is 39.2 Å². The van der Waals surface area contributed by atoms with Crippen LogP contribution in [0.2, 0.25) is 0 Å². The van der Waals surface area contributed by atoms with Gasteiger partial charge in [0, 0.05) is 6.92 Å². The van der Waals surface area contributed by atoms with E-state index in [0.29, 0.717) is 11.2 Å². The molecule has 0 spiro atoms. The minimum absolute atomic E-state index is 0.0922. The van der Waals surface area contributed by atoms with Crippen molar-refractivity contribution in [2.45, 2.75) is 58.8 Å². The van der Waals surface area contributed by atoms with E-state index in [-0.39, 0.29) is 28.8 Å². The maximum Gasteiger partial charge on any atom is 0.302 e. The van der Waals surface area contributed by atoms with E-state index in [0.717, 1.165) is 23.0 Å². The Kier molecular flexibility index (Phi) is 4.80. The summed E-state index contributed by atoms with van der Waals surface area (Å²) in [7, 11) is 0. The number of benzene rings is 2. The van der Waals surface area contributed by atoms with Gasteiger partial charge in [-0.3, -0.25) is 10.1 Å². The Morgan fingerprint density at radius 3 is 2.39 bits per heavy atom. The first-order valence-electron chi connectivity index (χ1n) is 10.3. The van der Waals surface area contributed by atoms with Crippen LogP contribution in [-0.2, 0) is 22.0 Å². The number of carbonyl (C=O) groups is 1. The summed E-state index contributed by atoms with van der Waals surface area (Å²) in [6.45, 7) is 12.4. The van der Waals surface area contributed by atoms with E-state index in [1.54, 1.807) is 0 Å². The van der Waals surface area contributed by atoms with Crippen molar-refractivity contribution in [3.63, 3.8) is 0 Å². The Labute approximate surface area is 181 Å². The lowest BCUT2D eigenvalue weighted by molar-refractivity contribution is -0.114. The minimum atomic E-state index is -0.215. The number of hydrogen-bond donors (Lipinski definition) is 2. The number of oxazole rings is 2. The van der Waals surface area contributed by atoms with E-state index in [4.69, 9.17) is 14.6 Å². The third kappa shape index (κ3) is 4.13. The SMILES string of the molecule is CC(=O)Nc1nc2cc(CC(C)(C)c3ccc4oc(N)nc4c3)c(C(C)(C)C)cc2o1. The number of nitrogens with two attached hydrogens (primary N) is 1. The molecule has 2 heterocycles. The number of carbonyl (C=O) groups excluding carboxylic acids is 1. The summed E-state index contributed by atoms with van der Waals surface area (Å²) in [6.07, 6.45) is 0.788. The number of hydrogen-bond acceptors (Lipinski definition) is 6. The Balaban J connectivity index is 1.77. The van der Waals surface area contributed by atoms with E-state index >= 15 is 0 Å². The molecule has 7 heteroatoms. The predicted octanol–water partition coefficient (Wildman–Crippen LogP) is 5.33. The number of fused-ring (bicyclic) bond motifs is 2. The molecule has 0 aliphatic rings. The molecule has 0 radical (unpaired) electrons. The van der Waals surface area contributed by atoms with Gasteiger partial charge in [0.1, 0.15) is 11.0 Å². The molecule has 31 heavy (non-hydrogen) atoms. The van der Waals surface area contributed by atoms with Gasteiger partial charge in [-0.1, -0.05) is 40.7 Å². The van der Waals surface area contributed by atoms with Crippen LogP contribution < -0.4 is 11.1 Å². The third-order valence-corrected chi connectivity index (χ3v) is 5.52. The van der Waals surface area contributed by atoms with Crippen molar-refractivity contribution in [1.82, 2.24) is 9.97 Å². The standard InChI is InChI=1S/C24H28N4O3/c1-13(29)26-22-28-17-9-14(16(23(2,3)4)11-20(17)31-22)12-24(5,6)15-7-8-19-18(10-15)27-21(25)30-19/h7-11H,12H2,1-6H3,(H2,25,27)(H,26,28,29). The quantitative estimate of drug-likeness (QED) is 0.462. The van der Waals surface area contributed by atoms with Gasteiger partial charge in [0.05, 0.1) is 0 Å². The van der Waals surface area contributed by atoms with Crippen molar-refractivity contribution >= 4 is 40.1 Å². The minimum Gasteiger partial charge on any atom is -0.424 e. The maximum atomic E-state index is 11.4. The van der Waals surface area contributed by atoms with Gasteiger partial charge in [-0.05, 0) is 58.2 Å². The second-order valence-electron chi connectivity index (χ2n) is 9.72. The van der Waals surface area contributed by atoms with Gasteiger partial charge in [-0.25, -0.2) is 0 Å². The number of nitrogens with zero attached hydrogens (tertiary/aromatic N) is 2. The van der Waals surface area contributed by atoms with Crippen LogP contribution >= 0.6 is 0 Å². The maximum absolute atomic E-state index is 11.4. The number of nitrogens with one attached hydrogen (secondary N) is 1. The van der Waals surface area contributed by atoms with Crippen molar-refractivity contribution in [2.75, 3.05) is 11.1 Å².